The van der Waals surface area contributed by atoms with Crippen molar-refractivity contribution < 1.29 is 28.6 Å². The molecule has 2 aliphatic rings. The molecule has 2 aliphatic heterocycles. The van der Waals surface area contributed by atoms with Crippen molar-refractivity contribution in [2.75, 3.05) is 39.4 Å². The van der Waals surface area contributed by atoms with E-state index in [1.165, 1.54) is 11.2 Å². The molecule has 0 aliphatic carbocycles. The Bertz CT molecular complexity index is 1280. The number of hydrogen-bond acceptors (Lipinski definition) is 7. The van der Waals surface area contributed by atoms with E-state index in [4.69, 9.17) is 13.9 Å². The molecule has 0 bridgehead atoms. The van der Waals surface area contributed by atoms with Gasteiger partial charge in [-0.3, -0.25) is 14.5 Å². The van der Waals surface area contributed by atoms with Crippen molar-refractivity contribution in [1.29, 1.82) is 0 Å². The van der Waals surface area contributed by atoms with Gasteiger partial charge in [-0.05, 0) is 48.9 Å². The highest BCUT2D eigenvalue weighted by molar-refractivity contribution is 6.46. The van der Waals surface area contributed by atoms with Gasteiger partial charge in [0.2, 0.25) is 0 Å². The summed E-state index contributed by atoms with van der Waals surface area (Å²) < 4.78 is 16.9. The normalized spacial score (nSPS) is 19.9. The standard InChI is InChI=1S/C29H30N2O6/c1-20-4-2-5-21(18-20)19-37-23-9-7-22(8-10-23)27(32)25-26(24-6-3-15-36-24)31(29(34)28(25)33)12-11-30-13-16-35-17-14-30/h2-10,15,18,26,32H,11-14,16-17,19H2,1H3/b27-25+/t26-/m1/s1. The van der Waals surface area contributed by atoms with Crippen LogP contribution in [0.4, 0.5) is 0 Å². The molecular formula is C29H30N2O6. The maximum Gasteiger partial charge on any atom is 0.295 e. The minimum Gasteiger partial charge on any atom is -0.507 e. The number of likely N-dealkylation sites (tertiary alicyclic amines) is 1. The number of amides is 1. The Hall–Kier alpha value is -3.88. The van der Waals surface area contributed by atoms with E-state index < -0.39 is 17.7 Å². The van der Waals surface area contributed by atoms with E-state index in [2.05, 4.69) is 11.0 Å². The zero-order valence-corrected chi connectivity index (χ0v) is 20.8. The SMILES string of the molecule is Cc1cccc(COc2ccc(/C(O)=C3\C(=O)C(=O)N(CCN4CCOCC4)[C@@H]3c3ccco3)cc2)c1. The van der Waals surface area contributed by atoms with Crippen molar-refractivity contribution in [3.05, 3.63) is 95.0 Å². The molecule has 1 amide bonds. The van der Waals surface area contributed by atoms with Crippen LogP contribution in [0.1, 0.15) is 28.5 Å². The van der Waals surface area contributed by atoms with Crippen molar-refractivity contribution >= 4 is 17.4 Å². The number of aryl methyl sites for hydroxylation is 1. The first kappa shape index (κ1) is 24.8. The van der Waals surface area contributed by atoms with Crippen LogP contribution in [0.5, 0.6) is 5.75 Å². The lowest BCUT2D eigenvalue weighted by atomic mass is 9.99. The molecule has 3 heterocycles. The number of aliphatic hydroxyl groups is 1. The molecule has 0 unspecified atom stereocenters. The highest BCUT2D eigenvalue weighted by Crippen LogP contribution is 2.39. The molecule has 3 aromatic rings. The van der Waals surface area contributed by atoms with Crippen molar-refractivity contribution in [2.24, 2.45) is 0 Å². The van der Waals surface area contributed by atoms with Crippen LogP contribution in [-0.2, 0) is 20.9 Å². The van der Waals surface area contributed by atoms with Gasteiger partial charge in [0, 0.05) is 31.7 Å². The molecule has 2 fully saturated rings. The molecule has 0 radical (unpaired) electrons. The Labute approximate surface area is 215 Å². The van der Waals surface area contributed by atoms with E-state index in [0.717, 1.165) is 24.2 Å². The van der Waals surface area contributed by atoms with Crippen LogP contribution in [-0.4, -0.2) is 66.0 Å². The van der Waals surface area contributed by atoms with E-state index in [9.17, 15) is 14.7 Å². The zero-order valence-electron chi connectivity index (χ0n) is 20.8. The average molecular weight is 503 g/mol. The highest BCUT2D eigenvalue weighted by Gasteiger charge is 2.47. The third-order valence-corrected chi connectivity index (χ3v) is 6.73. The number of hydrogen-bond donors (Lipinski definition) is 1. The Balaban J connectivity index is 1.37. The molecular weight excluding hydrogens is 472 g/mol. The predicted molar refractivity (Wildman–Crippen MR) is 137 cm³/mol. The maximum absolute atomic E-state index is 13.1. The zero-order chi connectivity index (χ0) is 25.8. The summed E-state index contributed by atoms with van der Waals surface area (Å²) in [4.78, 5) is 29.9. The minimum absolute atomic E-state index is 0.0235. The monoisotopic (exact) mass is 502 g/mol. The number of carbonyl (C=O) groups excluding carboxylic acids is 2. The number of morpholine rings is 1. The second kappa shape index (κ2) is 11.0. The number of rotatable bonds is 8. The fourth-order valence-electron chi connectivity index (χ4n) is 4.76. The first-order chi connectivity index (χ1) is 18.0. The number of ketones is 1. The van der Waals surface area contributed by atoms with Crippen LogP contribution in [0.25, 0.3) is 5.76 Å². The molecule has 1 N–H and O–H groups in total. The van der Waals surface area contributed by atoms with Crippen LogP contribution in [0.3, 0.4) is 0 Å². The summed E-state index contributed by atoms with van der Waals surface area (Å²) in [5, 5.41) is 11.2. The second-order valence-electron chi connectivity index (χ2n) is 9.26. The number of aliphatic hydroxyl groups excluding tert-OH is 1. The smallest absolute Gasteiger partial charge is 0.295 e. The second-order valence-corrected chi connectivity index (χ2v) is 9.26. The minimum atomic E-state index is -0.798. The molecule has 2 aromatic carbocycles. The van der Waals surface area contributed by atoms with Gasteiger partial charge < -0.3 is 23.9 Å². The van der Waals surface area contributed by atoms with Crippen molar-refractivity contribution in [3.8, 4) is 5.75 Å². The van der Waals surface area contributed by atoms with Crippen molar-refractivity contribution in [1.82, 2.24) is 9.80 Å². The quantitative estimate of drug-likeness (QED) is 0.284. The fourth-order valence-corrected chi connectivity index (χ4v) is 4.76. The Morgan fingerprint density at radius 2 is 1.81 bits per heavy atom. The van der Waals surface area contributed by atoms with Crippen LogP contribution in [0.15, 0.2) is 76.9 Å². The molecule has 8 heteroatoms. The van der Waals surface area contributed by atoms with Gasteiger partial charge in [0.05, 0.1) is 25.1 Å². The lowest BCUT2D eigenvalue weighted by Crippen LogP contribution is -2.42. The van der Waals surface area contributed by atoms with Gasteiger partial charge in [-0.15, -0.1) is 0 Å². The van der Waals surface area contributed by atoms with Gasteiger partial charge in [0.1, 0.15) is 29.9 Å². The van der Waals surface area contributed by atoms with Crippen LogP contribution < -0.4 is 4.74 Å². The first-order valence-electron chi connectivity index (χ1n) is 12.4. The summed E-state index contributed by atoms with van der Waals surface area (Å²) in [6.07, 6.45) is 1.50. The summed E-state index contributed by atoms with van der Waals surface area (Å²) in [5.74, 6) is -0.540. The van der Waals surface area contributed by atoms with Gasteiger partial charge in [0.25, 0.3) is 11.7 Å². The fraction of sp³-hybridized carbons (Fsp3) is 0.310. The Morgan fingerprint density at radius 1 is 1.03 bits per heavy atom. The number of benzene rings is 2. The van der Waals surface area contributed by atoms with E-state index in [1.807, 2.05) is 25.1 Å². The van der Waals surface area contributed by atoms with Crippen LogP contribution in [0, 0.1) is 6.92 Å². The number of ether oxygens (including phenoxy) is 2. The number of Topliss-reactive ketones (excluding diaryl/α,β-unsaturated/α-hetero) is 1. The van der Waals surface area contributed by atoms with E-state index in [-0.39, 0.29) is 11.3 Å². The largest absolute Gasteiger partial charge is 0.507 e. The number of nitrogens with zero attached hydrogens (tertiary/aromatic N) is 2. The van der Waals surface area contributed by atoms with Gasteiger partial charge in [0.15, 0.2) is 0 Å². The Morgan fingerprint density at radius 3 is 2.51 bits per heavy atom. The molecule has 1 atom stereocenters. The first-order valence-corrected chi connectivity index (χ1v) is 12.4. The number of carbonyl (C=O) groups is 2. The molecule has 2 saturated heterocycles. The Kier molecular flexibility index (Phi) is 7.39. The van der Waals surface area contributed by atoms with Crippen molar-refractivity contribution in [2.45, 2.75) is 19.6 Å². The third kappa shape index (κ3) is 5.45. The predicted octanol–water partition coefficient (Wildman–Crippen LogP) is 3.92. The molecule has 1 aromatic heterocycles. The summed E-state index contributed by atoms with van der Waals surface area (Å²) >= 11 is 0. The summed E-state index contributed by atoms with van der Waals surface area (Å²) in [5.41, 5.74) is 2.66. The van der Waals surface area contributed by atoms with Gasteiger partial charge in [-0.25, -0.2) is 0 Å². The van der Waals surface area contributed by atoms with Crippen LogP contribution >= 0.6 is 0 Å². The summed E-state index contributed by atoms with van der Waals surface area (Å²) in [7, 11) is 0. The molecule has 37 heavy (non-hydrogen) atoms. The molecule has 8 nitrogen and oxygen atoms in total. The lowest BCUT2D eigenvalue weighted by Gasteiger charge is -2.30. The molecule has 192 valence electrons. The number of furan rings is 1. The van der Waals surface area contributed by atoms with E-state index in [0.29, 0.717) is 50.0 Å². The van der Waals surface area contributed by atoms with E-state index >= 15 is 0 Å². The summed E-state index contributed by atoms with van der Waals surface area (Å²) in [6.45, 7) is 6.21. The summed E-state index contributed by atoms with van der Waals surface area (Å²) in [6, 6.07) is 17.5. The topological polar surface area (TPSA) is 92.5 Å². The highest BCUT2D eigenvalue weighted by atomic mass is 16.5. The van der Waals surface area contributed by atoms with Gasteiger partial charge in [-0.2, -0.15) is 0 Å². The van der Waals surface area contributed by atoms with Gasteiger partial charge >= 0.3 is 0 Å². The van der Waals surface area contributed by atoms with Gasteiger partial charge in [-0.1, -0.05) is 29.8 Å². The molecule has 0 spiro atoms. The lowest BCUT2D eigenvalue weighted by molar-refractivity contribution is -0.140. The average Bonchev–Trinajstić information content (AvgIpc) is 3.54. The third-order valence-electron chi connectivity index (χ3n) is 6.73. The molecule has 5 rings (SSSR count). The maximum atomic E-state index is 13.1. The molecule has 0 saturated carbocycles. The van der Waals surface area contributed by atoms with Crippen LogP contribution in [0.2, 0.25) is 0 Å². The van der Waals surface area contributed by atoms with E-state index in [1.54, 1.807) is 36.4 Å². The van der Waals surface area contributed by atoms with Crippen molar-refractivity contribution in [3.63, 3.8) is 0 Å².